The van der Waals surface area contributed by atoms with Crippen molar-refractivity contribution in [2.75, 3.05) is 13.2 Å². The zero-order valence-corrected chi connectivity index (χ0v) is 13.0. The summed E-state index contributed by atoms with van der Waals surface area (Å²) in [7, 11) is 0. The molecule has 13 nitrogen and oxygen atoms in total. The van der Waals surface area contributed by atoms with E-state index in [4.69, 9.17) is 24.4 Å². The molecule has 0 aromatic rings. The molecule has 0 saturated carbocycles. The SMILES string of the molecule is O.O.OC[C@@H]1O[C@@H](O[C@@H]2O[C@@H](CO)[C@H](O)[C@@H](O)[C@@H]2O)[C@@H](O)[C@H](O)[C@H]1O. The Kier molecular flexibility index (Phi) is 9.77. The molecule has 2 aliphatic rings. The largest absolute Gasteiger partial charge is 0.412 e. The van der Waals surface area contributed by atoms with E-state index in [2.05, 4.69) is 0 Å². The third-order valence-electron chi connectivity index (χ3n) is 3.97. The summed E-state index contributed by atoms with van der Waals surface area (Å²) in [5, 5.41) is 76.4. The van der Waals surface area contributed by atoms with Gasteiger partial charge in [-0.15, -0.1) is 0 Å². The third-order valence-corrected chi connectivity index (χ3v) is 3.97. The van der Waals surface area contributed by atoms with Crippen LogP contribution in [0.5, 0.6) is 0 Å². The van der Waals surface area contributed by atoms with E-state index in [-0.39, 0.29) is 11.0 Å². The van der Waals surface area contributed by atoms with Gasteiger partial charge in [0, 0.05) is 0 Å². The second kappa shape index (κ2) is 9.98. The summed E-state index contributed by atoms with van der Waals surface area (Å²) in [6.07, 6.45) is -15.6. The van der Waals surface area contributed by atoms with Crippen LogP contribution in [0, 0.1) is 0 Å². The standard InChI is InChI=1S/C12H22O11.2H2O/c13-1-3-5(15)7(17)9(19)11(21-3)23-12-10(20)8(18)6(16)4(2-14)22-12;;/h3-20H,1-2H2;2*1H2/t3-,4-,5-,6-,7+,8+,9-,10-,11-,12-;;/m0../s1. The molecule has 0 aromatic carbocycles. The summed E-state index contributed by atoms with van der Waals surface area (Å²) in [5.74, 6) is 0. The van der Waals surface area contributed by atoms with Crippen molar-refractivity contribution in [3.05, 3.63) is 0 Å². The Morgan fingerprint density at radius 3 is 1.16 bits per heavy atom. The molecule has 2 heterocycles. The van der Waals surface area contributed by atoms with E-state index in [1.807, 2.05) is 0 Å². The van der Waals surface area contributed by atoms with Crippen molar-refractivity contribution in [1.82, 2.24) is 0 Å². The van der Waals surface area contributed by atoms with Gasteiger partial charge in [-0.2, -0.15) is 0 Å². The number of hydrogen-bond donors (Lipinski definition) is 8. The normalized spacial score (nSPS) is 47.5. The van der Waals surface area contributed by atoms with E-state index in [0.29, 0.717) is 0 Å². The molecule has 0 aliphatic carbocycles. The van der Waals surface area contributed by atoms with Gasteiger partial charge in [0.25, 0.3) is 0 Å². The van der Waals surface area contributed by atoms with Gasteiger partial charge in [-0.3, -0.25) is 0 Å². The van der Waals surface area contributed by atoms with Crippen molar-refractivity contribution in [2.24, 2.45) is 0 Å². The summed E-state index contributed by atoms with van der Waals surface area (Å²) < 4.78 is 15.3. The van der Waals surface area contributed by atoms with Crippen LogP contribution < -0.4 is 0 Å². The van der Waals surface area contributed by atoms with Crippen LogP contribution in [0.2, 0.25) is 0 Å². The fraction of sp³-hybridized carbons (Fsp3) is 1.00. The van der Waals surface area contributed by atoms with E-state index in [9.17, 15) is 30.6 Å². The number of aliphatic hydroxyl groups is 8. The monoisotopic (exact) mass is 378 g/mol. The van der Waals surface area contributed by atoms with Crippen LogP contribution in [-0.2, 0) is 14.2 Å². The van der Waals surface area contributed by atoms with Crippen LogP contribution in [0.1, 0.15) is 0 Å². The third kappa shape index (κ3) is 4.81. The Morgan fingerprint density at radius 2 is 0.880 bits per heavy atom. The van der Waals surface area contributed by atoms with Gasteiger partial charge in [0.1, 0.15) is 48.8 Å². The average Bonchev–Trinajstić information content (AvgIpc) is 2.55. The lowest BCUT2D eigenvalue weighted by Crippen LogP contribution is -2.63. The summed E-state index contributed by atoms with van der Waals surface area (Å²) in [4.78, 5) is 0. The van der Waals surface area contributed by atoms with Gasteiger partial charge in [0.15, 0.2) is 12.6 Å². The predicted molar refractivity (Wildman–Crippen MR) is 75.8 cm³/mol. The fourth-order valence-corrected chi connectivity index (χ4v) is 2.49. The first-order chi connectivity index (χ1) is 10.8. The fourth-order valence-electron chi connectivity index (χ4n) is 2.49. The lowest BCUT2D eigenvalue weighted by Gasteiger charge is -2.44. The van der Waals surface area contributed by atoms with E-state index < -0.39 is 74.6 Å². The van der Waals surface area contributed by atoms with Crippen molar-refractivity contribution >= 4 is 0 Å². The second-order valence-electron chi connectivity index (χ2n) is 5.53. The minimum Gasteiger partial charge on any atom is -0.412 e. The van der Waals surface area contributed by atoms with Gasteiger partial charge in [-0.1, -0.05) is 0 Å². The van der Waals surface area contributed by atoms with Gasteiger partial charge in [0.2, 0.25) is 0 Å². The number of hydrogen-bond acceptors (Lipinski definition) is 11. The van der Waals surface area contributed by atoms with Crippen molar-refractivity contribution in [3.63, 3.8) is 0 Å². The lowest BCUT2D eigenvalue weighted by molar-refractivity contribution is -0.376. The van der Waals surface area contributed by atoms with Gasteiger partial charge < -0.3 is 66.0 Å². The maximum atomic E-state index is 9.84. The number of rotatable bonds is 4. The van der Waals surface area contributed by atoms with Crippen LogP contribution in [-0.4, -0.2) is 126 Å². The van der Waals surface area contributed by atoms with Crippen LogP contribution in [0.15, 0.2) is 0 Å². The highest BCUT2D eigenvalue weighted by atomic mass is 16.8. The highest BCUT2D eigenvalue weighted by Gasteiger charge is 2.49. The van der Waals surface area contributed by atoms with E-state index in [0.717, 1.165) is 0 Å². The predicted octanol–water partition coefficient (Wildman–Crippen LogP) is -7.05. The van der Waals surface area contributed by atoms with Gasteiger partial charge in [0.05, 0.1) is 13.2 Å². The molecule has 0 amide bonds. The topological polar surface area (TPSA) is 253 Å². The molecular formula is C12H26O13. The molecule has 2 saturated heterocycles. The highest BCUT2D eigenvalue weighted by Crippen LogP contribution is 2.27. The molecule has 0 unspecified atom stereocenters. The smallest absolute Gasteiger partial charge is 0.189 e. The molecule has 0 spiro atoms. The first-order valence-electron chi connectivity index (χ1n) is 7.08. The minimum atomic E-state index is -1.72. The van der Waals surface area contributed by atoms with Crippen LogP contribution in [0.4, 0.5) is 0 Å². The van der Waals surface area contributed by atoms with E-state index >= 15 is 0 Å². The van der Waals surface area contributed by atoms with Crippen molar-refractivity contribution < 1.29 is 66.0 Å². The molecule has 25 heavy (non-hydrogen) atoms. The van der Waals surface area contributed by atoms with Gasteiger partial charge >= 0.3 is 0 Å². The van der Waals surface area contributed by atoms with Crippen molar-refractivity contribution in [1.29, 1.82) is 0 Å². The van der Waals surface area contributed by atoms with Gasteiger partial charge in [-0.25, -0.2) is 0 Å². The van der Waals surface area contributed by atoms with Gasteiger partial charge in [-0.05, 0) is 0 Å². The van der Waals surface area contributed by atoms with Crippen molar-refractivity contribution in [2.45, 2.75) is 61.4 Å². The van der Waals surface area contributed by atoms with E-state index in [1.54, 1.807) is 0 Å². The minimum absolute atomic E-state index is 0. The van der Waals surface area contributed by atoms with Crippen molar-refractivity contribution in [3.8, 4) is 0 Å². The molecular weight excluding hydrogens is 352 g/mol. The first-order valence-corrected chi connectivity index (χ1v) is 7.08. The average molecular weight is 378 g/mol. The molecule has 0 radical (unpaired) electrons. The summed E-state index contributed by atoms with van der Waals surface area (Å²) >= 11 is 0. The summed E-state index contributed by atoms with van der Waals surface area (Å²) in [6, 6.07) is 0. The van der Waals surface area contributed by atoms with Crippen LogP contribution >= 0.6 is 0 Å². The van der Waals surface area contributed by atoms with Crippen LogP contribution in [0.3, 0.4) is 0 Å². The molecule has 0 bridgehead atoms. The number of aliphatic hydroxyl groups excluding tert-OH is 8. The molecule has 152 valence electrons. The Labute approximate surface area is 141 Å². The number of ether oxygens (including phenoxy) is 3. The van der Waals surface area contributed by atoms with E-state index in [1.165, 1.54) is 0 Å². The Bertz CT molecular complexity index is 346. The molecule has 13 heteroatoms. The highest BCUT2D eigenvalue weighted by molar-refractivity contribution is 4.92. The zero-order chi connectivity index (χ0) is 17.3. The summed E-state index contributed by atoms with van der Waals surface area (Å²) in [6.45, 7) is -1.33. The Morgan fingerprint density at radius 1 is 0.560 bits per heavy atom. The Hall–Kier alpha value is -0.520. The Balaban J connectivity index is 0.00000288. The molecule has 2 fully saturated rings. The maximum Gasteiger partial charge on any atom is 0.189 e. The molecule has 0 aromatic heterocycles. The zero-order valence-electron chi connectivity index (χ0n) is 13.0. The maximum absolute atomic E-state index is 9.84. The molecule has 2 aliphatic heterocycles. The molecule has 10 atom stereocenters. The molecule has 12 N–H and O–H groups in total. The quantitative estimate of drug-likeness (QED) is 0.228. The first kappa shape index (κ1) is 24.5. The van der Waals surface area contributed by atoms with Crippen LogP contribution in [0.25, 0.3) is 0 Å². The molecule has 2 rings (SSSR count). The second-order valence-corrected chi connectivity index (χ2v) is 5.53. The lowest BCUT2D eigenvalue weighted by atomic mass is 9.98. The summed E-state index contributed by atoms with van der Waals surface area (Å²) in [5.41, 5.74) is 0.